The Morgan fingerprint density at radius 1 is 0.549 bits per heavy atom. The molecule has 0 aliphatic heterocycles. The number of carbonyl (C=O) groups excluding carboxylic acids is 3. The number of H-pyrrole nitrogens is 2. The van der Waals surface area contributed by atoms with Crippen molar-refractivity contribution in [2.75, 3.05) is 10.2 Å². The zero-order valence-corrected chi connectivity index (χ0v) is 45.3. The van der Waals surface area contributed by atoms with E-state index in [1.807, 2.05) is 135 Å². The number of rotatable bonds is 11. The van der Waals surface area contributed by atoms with E-state index in [9.17, 15) is 24.6 Å². The molecule has 0 fully saturated rings. The van der Waals surface area contributed by atoms with Gasteiger partial charge in [-0.1, -0.05) is 128 Å². The van der Waals surface area contributed by atoms with Gasteiger partial charge in [0, 0.05) is 81.0 Å². The zero-order valence-electron chi connectivity index (χ0n) is 43.8. The van der Waals surface area contributed by atoms with Gasteiger partial charge >= 0.3 is 0 Å². The minimum Gasteiger partial charge on any atom is -0.505 e. The fourth-order valence-corrected chi connectivity index (χ4v) is 12.2. The van der Waals surface area contributed by atoms with Crippen LogP contribution in [0.25, 0.3) is 87.1 Å². The molecule has 1 aliphatic carbocycles. The number of amides is 2. The van der Waals surface area contributed by atoms with E-state index in [-0.39, 0.29) is 39.9 Å². The van der Waals surface area contributed by atoms with Crippen molar-refractivity contribution >= 4 is 157 Å². The maximum absolute atomic E-state index is 14.8. The average Bonchev–Trinajstić information content (AvgIpc) is 2.48. The molecule has 14 rings (SSSR count). The molecule has 0 spiro atoms. The Hall–Kier alpha value is -10.2. The number of carbonyl (C=O) groups is 3. The van der Waals surface area contributed by atoms with Crippen LogP contribution in [0.5, 0.6) is 11.5 Å². The Kier molecular flexibility index (Phi) is 11.9. The maximum Gasteiger partial charge on any atom is 0.259 e. The smallest absolute Gasteiger partial charge is 0.259 e. The Bertz CT molecular complexity index is 5020. The monoisotopic (exact) mass is 1110 g/mol. The molecule has 0 radical (unpaired) electrons. The molecular weight excluding hydrogens is 1070 g/mol. The van der Waals surface area contributed by atoms with Gasteiger partial charge in [-0.25, -0.2) is 0 Å². The summed E-state index contributed by atoms with van der Waals surface area (Å²) < 4.78 is 0. The van der Waals surface area contributed by atoms with Gasteiger partial charge < -0.3 is 25.5 Å². The van der Waals surface area contributed by atoms with Crippen LogP contribution >= 0.6 is 23.2 Å². The molecule has 0 bridgehead atoms. The van der Waals surface area contributed by atoms with Crippen LogP contribution in [0.1, 0.15) is 51.3 Å². The van der Waals surface area contributed by atoms with Gasteiger partial charge in [0.25, 0.3) is 5.91 Å². The second kappa shape index (κ2) is 19.6. The fraction of sp³-hybridized carbons (Fsp3) is 0.0597. The second-order valence-corrected chi connectivity index (χ2v) is 21.1. The lowest BCUT2D eigenvalue weighted by molar-refractivity contribution is -0.106. The number of aromatic amines is 2. The largest absolute Gasteiger partial charge is 0.505 e. The van der Waals surface area contributed by atoms with E-state index in [2.05, 4.69) is 15.3 Å². The summed E-state index contributed by atoms with van der Waals surface area (Å²) in [5.74, 6) is -1.40. The highest BCUT2D eigenvalue weighted by Gasteiger charge is 2.29. The van der Waals surface area contributed by atoms with Crippen LogP contribution in [0.2, 0.25) is 10.0 Å². The van der Waals surface area contributed by atoms with Crippen molar-refractivity contribution in [3.8, 4) is 22.6 Å². The molecule has 13 nitrogen and oxygen atoms in total. The molecule has 2 aromatic heterocycles. The number of azo groups is 2. The first-order valence-electron chi connectivity index (χ1n) is 26.6. The third-order valence-electron chi connectivity index (χ3n) is 15.8. The van der Waals surface area contributed by atoms with E-state index in [1.54, 1.807) is 48.5 Å². The molecule has 396 valence electrons. The summed E-state index contributed by atoms with van der Waals surface area (Å²) in [5, 5.41) is 55.0. The predicted octanol–water partition coefficient (Wildman–Crippen LogP) is 18.8. The van der Waals surface area contributed by atoms with Crippen LogP contribution < -0.4 is 10.2 Å². The van der Waals surface area contributed by atoms with Crippen LogP contribution in [0.3, 0.4) is 0 Å². The van der Waals surface area contributed by atoms with Crippen LogP contribution in [-0.4, -0.2) is 38.3 Å². The number of aromatic nitrogens is 2. The summed E-state index contributed by atoms with van der Waals surface area (Å²) in [6.45, 7) is 4.01. The number of benzene rings is 11. The van der Waals surface area contributed by atoms with Crippen LogP contribution in [-0.2, 0) is 17.6 Å². The third kappa shape index (κ3) is 7.95. The van der Waals surface area contributed by atoms with Crippen LogP contribution in [0, 0.1) is 0 Å². The van der Waals surface area contributed by atoms with E-state index in [4.69, 9.17) is 43.7 Å². The SMILES string of the molecule is CCc1ccccc1NC(=O)c1cc2ccc3c4cc(Cl)ccc4[nH]c3c2c(N=Nc2ccc3c4c(cccc24)C(=O)c2cc(N=Nc4c(O)c(N(C=O)c5ccccc5CC)cc5ccc6c7cc(Cl)ccc7[nH]c6c45)ccc2-3)c1O. The zero-order chi connectivity index (χ0) is 56.1. The third-order valence-corrected chi connectivity index (χ3v) is 16.2. The van der Waals surface area contributed by atoms with Crippen LogP contribution in [0.4, 0.5) is 39.8 Å². The standard InChI is InChI=1S/C67H44Cl2N8O5/c1-3-34-10-5-7-14-51(34)72-67(82)50-28-36-16-21-43-47-30-38(68)18-25-52(47)70-60(43)57(36)62(65(50)80)76-74-54-27-24-42-41-23-20-40(32-49(41)64(79)46-13-9-12-45(54)59(42)46)73-75-63-58-37(17-22-44-48-31-39(69)19-26-53(48)71-61(44)58)29-56(66(63)81)77(33-78)55-15-8-6-11-35(55)4-2/h5-33,70-71,80-81H,3-4H2,1-2H3,(H,72,82). The van der Waals surface area contributed by atoms with Gasteiger partial charge in [0.1, 0.15) is 11.4 Å². The van der Waals surface area contributed by atoms with Crippen molar-refractivity contribution < 1.29 is 24.6 Å². The summed E-state index contributed by atoms with van der Waals surface area (Å²) in [7, 11) is 0. The second-order valence-electron chi connectivity index (χ2n) is 20.3. The van der Waals surface area contributed by atoms with E-state index < -0.39 is 5.91 Å². The van der Waals surface area contributed by atoms with Crippen molar-refractivity contribution in [1.29, 1.82) is 0 Å². The highest BCUT2D eigenvalue weighted by Crippen LogP contribution is 2.51. The first kappa shape index (κ1) is 50.0. The Morgan fingerprint density at radius 2 is 1.18 bits per heavy atom. The molecule has 0 saturated heterocycles. The molecule has 2 amide bonds. The number of nitrogens with one attached hydrogen (secondary N) is 3. The van der Waals surface area contributed by atoms with E-state index >= 15 is 0 Å². The van der Waals surface area contributed by atoms with Crippen LogP contribution in [0.15, 0.2) is 190 Å². The van der Waals surface area contributed by atoms with E-state index in [1.165, 1.54) is 4.90 Å². The number of nitrogens with zero attached hydrogens (tertiary/aromatic N) is 5. The molecular formula is C67H44Cl2N8O5. The van der Waals surface area contributed by atoms with E-state index in [0.29, 0.717) is 112 Å². The summed E-state index contributed by atoms with van der Waals surface area (Å²) in [5.41, 5.74) is 9.55. The topological polar surface area (TPSA) is 188 Å². The fourth-order valence-electron chi connectivity index (χ4n) is 11.8. The number of aromatic hydroxyl groups is 2. The average molecular weight is 1110 g/mol. The number of hydrogen-bond acceptors (Lipinski definition) is 9. The molecule has 2 heterocycles. The predicted molar refractivity (Wildman–Crippen MR) is 329 cm³/mol. The molecule has 13 aromatic rings. The molecule has 5 N–H and O–H groups in total. The lowest BCUT2D eigenvalue weighted by Crippen LogP contribution is -2.16. The number of phenols is 2. The first-order chi connectivity index (χ1) is 40.0. The quantitative estimate of drug-likeness (QED) is 0.0636. The van der Waals surface area contributed by atoms with Gasteiger partial charge in [0.05, 0.1) is 39.3 Å². The van der Waals surface area contributed by atoms with Crippen molar-refractivity contribution in [3.63, 3.8) is 0 Å². The molecule has 15 heteroatoms. The molecule has 82 heavy (non-hydrogen) atoms. The number of para-hydroxylation sites is 2. The molecule has 11 aromatic carbocycles. The highest BCUT2D eigenvalue weighted by molar-refractivity contribution is 6.33. The van der Waals surface area contributed by atoms with Gasteiger partial charge in [-0.3, -0.25) is 19.3 Å². The van der Waals surface area contributed by atoms with Gasteiger partial charge in [-0.05, 0) is 125 Å². The lowest BCUT2D eigenvalue weighted by Gasteiger charge is -2.23. The Morgan fingerprint density at radius 3 is 1.88 bits per heavy atom. The van der Waals surface area contributed by atoms with Gasteiger partial charge in [0.15, 0.2) is 17.3 Å². The summed E-state index contributed by atoms with van der Waals surface area (Å²) >= 11 is 13.0. The normalized spacial score (nSPS) is 12.4. The Balaban J connectivity index is 0.874. The first-order valence-corrected chi connectivity index (χ1v) is 27.3. The molecule has 1 aliphatic rings. The molecule has 0 unspecified atom stereocenters. The van der Waals surface area contributed by atoms with Crippen molar-refractivity contribution in [1.82, 2.24) is 9.97 Å². The number of hydrogen-bond donors (Lipinski definition) is 5. The Labute approximate surface area is 476 Å². The summed E-state index contributed by atoms with van der Waals surface area (Å²) in [6, 6.07) is 51.8. The molecule has 0 saturated carbocycles. The van der Waals surface area contributed by atoms with Crippen molar-refractivity contribution in [2.45, 2.75) is 26.7 Å². The number of phenolic OH excluding ortho intramolecular Hbond substituents is 2. The minimum absolute atomic E-state index is 0.0119. The minimum atomic E-state index is -0.516. The van der Waals surface area contributed by atoms with Gasteiger partial charge in [-0.2, -0.15) is 5.11 Å². The summed E-state index contributed by atoms with van der Waals surface area (Å²) in [4.78, 5) is 50.5. The van der Waals surface area contributed by atoms with Crippen molar-refractivity contribution in [3.05, 3.63) is 208 Å². The van der Waals surface area contributed by atoms with E-state index in [0.717, 1.165) is 49.3 Å². The number of ketones is 1. The molecule has 0 atom stereocenters. The number of aryl methyl sites for hydroxylation is 2. The van der Waals surface area contributed by atoms with Gasteiger partial charge in [0.2, 0.25) is 6.41 Å². The lowest BCUT2D eigenvalue weighted by atomic mass is 9.82. The number of fused-ring (bicyclic) bond motifs is 12. The van der Waals surface area contributed by atoms with Gasteiger partial charge in [-0.15, -0.1) is 15.3 Å². The summed E-state index contributed by atoms with van der Waals surface area (Å²) in [6.07, 6.45) is 2.01. The number of halogens is 2. The maximum atomic E-state index is 14.8. The number of anilines is 3. The highest BCUT2D eigenvalue weighted by atomic mass is 35.5. The van der Waals surface area contributed by atoms with Crippen molar-refractivity contribution in [2.24, 2.45) is 20.5 Å².